The van der Waals surface area contributed by atoms with Gasteiger partial charge in [-0.15, -0.1) is 0 Å². The number of hydrogen-bond acceptors (Lipinski definition) is 2. The average molecular weight is 257 g/mol. The molecule has 0 heterocycles. The van der Waals surface area contributed by atoms with Crippen LogP contribution in [0.3, 0.4) is 0 Å². The van der Waals surface area contributed by atoms with Gasteiger partial charge in [-0.3, -0.25) is 0 Å². The molecule has 0 aliphatic rings. The molecule has 2 rings (SSSR count). The lowest BCUT2D eigenvalue weighted by Gasteiger charge is -2.14. The van der Waals surface area contributed by atoms with Crippen molar-refractivity contribution in [2.24, 2.45) is 0 Å². The third kappa shape index (κ3) is 3.03. The second-order valence-electron chi connectivity index (χ2n) is 4.13. The molecule has 0 saturated heterocycles. The zero-order chi connectivity index (χ0) is 13.0. The van der Waals surface area contributed by atoms with Gasteiger partial charge in [0, 0.05) is 10.7 Å². The topological polar surface area (TPSA) is 35.8 Å². The fraction of sp³-hybridized carbons (Fsp3) is 0.133. The van der Waals surface area contributed by atoms with Gasteiger partial charge in [-0.05, 0) is 30.7 Å². The molecule has 3 heteroatoms. The lowest BCUT2D eigenvalue weighted by molar-refractivity contribution is 0.994. The second-order valence-corrected chi connectivity index (χ2v) is 4.57. The van der Waals surface area contributed by atoms with E-state index in [1.807, 2.05) is 49.4 Å². The molecular formula is C15H13ClN2. The van der Waals surface area contributed by atoms with Crippen LogP contribution in [0.4, 0.5) is 5.69 Å². The first-order valence-electron chi connectivity index (χ1n) is 5.67. The van der Waals surface area contributed by atoms with Gasteiger partial charge in [-0.2, -0.15) is 5.26 Å². The number of nitrogens with one attached hydrogen (secondary N) is 1. The van der Waals surface area contributed by atoms with E-state index in [-0.39, 0.29) is 6.04 Å². The molecule has 0 radical (unpaired) electrons. The molecule has 90 valence electrons. The standard InChI is InChI=1S/C15H13ClN2/c1-11-4-2-5-12(8-11)15(10-17)18-14-7-3-6-13(16)9-14/h2-9,15,18H,1H3. The second kappa shape index (κ2) is 5.57. The van der Waals surface area contributed by atoms with E-state index in [9.17, 15) is 5.26 Å². The van der Waals surface area contributed by atoms with Crippen LogP contribution < -0.4 is 5.32 Å². The summed E-state index contributed by atoms with van der Waals surface area (Å²) in [4.78, 5) is 0. The maximum atomic E-state index is 9.26. The van der Waals surface area contributed by atoms with E-state index in [0.717, 1.165) is 16.8 Å². The maximum absolute atomic E-state index is 9.26. The fourth-order valence-corrected chi connectivity index (χ4v) is 1.98. The summed E-state index contributed by atoms with van der Waals surface area (Å²) in [5, 5.41) is 13.1. The van der Waals surface area contributed by atoms with Crippen molar-refractivity contribution in [3.8, 4) is 6.07 Å². The molecular weight excluding hydrogens is 244 g/mol. The molecule has 0 saturated carbocycles. The number of nitrogens with zero attached hydrogens (tertiary/aromatic N) is 1. The van der Waals surface area contributed by atoms with Crippen molar-refractivity contribution in [3.05, 3.63) is 64.7 Å². The van der Waals surface area contributed by atoms with Gasteiger partial charge >= 0.3 is 0 Å². The minimum atomic E-state index is -0.372. The number of halogens is 1. The first-order valence-corrected chi connectivity index (χ1v) is 6.05. The van der Waals surface area contributed by atoms with E-state index >= 15 is 0 Å². The Kier molecular flexibility index (Phi) is 3.86. The molecule has 0 aromatic heterocycles. The third-order valence-electron chi connectivity index (χ3n) is 2.64. The van der Waals surface area contributed by atoms with Gasteiger partial charge in [-0.25, -0.2) is 0 Å². The normalized spacial score (nSPS) is 11.6. The summed E-state index contributed by atoms with van der Waals surface area (Å²) in [7, 11) is 0. The molecule has 1 N–H and O–H groups in total. The molecule has 0 aliphatic carbocycles. The Hall–Kier alpha value is -1.98. The van der Waals surface area contributed by atoms with Crippen LogP contribution in [0, 0.1) is 18.3 Å². The zero-order valence-electron chi connectivity index (χ0n) is 10.0. The molecule has 18 heavy (non-hydrogen) atoms. The summed E-state index contributed by atoms with van der Waals surface area (Å²) in [6, 6.07) is 17.2. The van der Waals surface area contributed by atoms with Crippen LogP contribution in [0.2, 0.25) is 5.02 Å². The SMILES string of the molecule is Cc1cccc(C(C#N)Nc2cccc(Cl)c2)c1. The van der Waals surface area contributed by atoms with Crippen molar-refractivity contribution in [2.45, 2.75) is 13.0 Å². The van der Waals surface area contributed by atoms with E-state index in [1.165, 1.54) is 0 Å². The monoisotopic (exact) mass is 256 g/mol. The molecule has 0 fully saturated rings. The van der Waals surface area contributed by atoms with E-state index < -0.39 is 0 Å². The Labute approximate surface area is 112 Å². The van der Waals surface area contributed by atoms with E-state index in [2.05, 4.69) is 11.4 Å². The maximum Gasteiger partial charge on any atom is 0.140 e. The molecule has 2 aromatic carbocycles. The first-order chi connectivity index (χ1) is 8.69. The van der Waals surface area contributed by atoms with Crippen molar-refractivity contribution >= 4 is 17.3 Å². The summed E-state index contributed by atoms with van der Waals surface area (Å²) in [6.07, 6.45) is 0. The van der Waals surface area contributed by atoms with Crippen LogP contribution in [0.25, 0.3) is 0 Å². The van der Waals surface area contributed by atoms with E-state index in [1.54, 1.807) is 6.07 Å². The lowest BCUT2D eigenvalue weighted by Crippen LogP contribution is -2.08. The highest BCUT2D eigenvalue weighted by atomic mass is 35.5. The minimum absolute atomic E-state index is 0.372. The third-order valence-corrected chi connectivity index (χ3v) is 2.88. The van der Waals surface area contributed by atoms with Gasteiger partial charge in [0.1, 0.15) is 6.04 Å². The quantitative estimate of drug-likeness (QED) is 0.887. The number of nitriles is 1. The summed E-state index contributed by atoms with van der Waals surface area (Å²) in [5.74, 6) is 0. The predicted octanol–water partition coefficient (Wildman–Crippen LogP) is 4.33. The lowest BCUT2D eigenvalue weighted by atomic mass is 10.1. The molecule has 0 bridgehead atoms. The molecule has 1 atom stereocenters. The summed E-state index contributed by atoms with van der Waals surface area (Å²) in [5.41, 5.74) is 2.94. The van der Waals surface area contributed by atoms with Crippen LogP contribution in [0.15, 0.2) is 48.5 Å². The highest BCUT2D eigenvalue weighted by molar-refractivity contribution is 6.30. The number of benzene rings is 2. The molecule has 2 nitrogen and oxygen atoms in total. The molecule has 0 aliphatic heterocycles. The Morgan fingerprint density at radius 3 is 2.61 bits per heavy atom. The van der Waals surface area contributed by atoms with Gasteiger partial charge in [0.05, 0.1) is 6.07 Å². The van der Waals surface area contributed by atoms with Gasteiger partial charge in [0.25, 0.3) is 0 Å². The van der Waals surface area contributed by atoms with Gasteiger partial charge in [0.2, 0.25) is 0 Å². The van der Waals surface area contributed by atoms with Gasteiger partial charge < -0.3 is 5.32 Å². The van der Waals surface area contributed by atoms with E-state index in [0.29, 0.717) is 5.02 Å². The van der Waals surface area contributed by atoms with Crippen molar-refractivity contribution < 1.29 is 0 Å². The Bertz CT molecular complexity index is 587. The zero-order valence-corrected chi connectivity index (χ0v) is 10.8. The number of aryl methyl sites for hydroxylation is 1. The van der Waals surface area contributed by atoms with E-state index in [4.69, 9.17) is 11.6 Å². The number of hydrogen-bond donors (Lipinski definition) is 1. The molecule has 0 amide bonds. The van der Waals surface area contributed by atoms with Gasteiger partial charge in [0.15, 0.2) is 0 Å². The molecule has 1 unspecified atom stereocenters. The van der Waals surface area contributed by atoms with Crippen molar-refractivity contribution in [2.75, 3.05) is 5.32 Å². The minimum Gasteiger partial charge on any atom is -0.366 e. The van der Waals surface area contributed by atoms with Gasteiger partial charge in [-0.1, -0.05) is 47.5 Å². The van der Waals surface area contributed by atoms with Crippen molar-refractivity contribution in [3.63, 3.8) is 0 Å². The summed E-state index contributed by atoms with van der Waals surface area (Å²) in [6.45, 7) is 2.01. The van der Waals surface area contributed by atoms with Crippen molar-refractivity contribution in [1.29, 1.82) is 5.26 Å². The Morgan fingerprint density at radius 2 is 1.94 bits per heavy atom. The summed E-state index contributed by atoms with van der Waals surface area (Å²) < 4.78 is 0. The predicted molar refractivity (Wildman–Crippen MR) is 74.6 cm³/mol. The number of rotatable bonds is 3. The largest absolute Gasteiger partial charge is 0.366 e. The first kappa shape index (κ1) is 12.5. The van der Waals surface area contributed by atoms with Crippen molar-refractivity contribution in [1.82, 2.24) is 0 Å². The van der Waals surface area contributed by atoms with Crippen LogP contribution in [0.5, 0.6) is 0 Å². The van der Waals surface area contributed by atoms with Crippen LogP contribution in [0.1, 0.15) is 17.2 Å². The summed E-state index contributed by atoms with van der Waals surface area (Å²) >= 11 is 5.92. The number of anilines is 1. The molecule has 2 aromatic rings. The Balaban J connectivity index is 2.23. The van der Waals surface area contributed by atoms with Crippen LogP contribution in [-0.4, -0.2) is 0 Å². The molecule has 0 spiro atoms. The van der Waals surface area contributed by atoms with Crippen LogP contribution >= 0.6 is 11.6 Å². The van der Waals surface area contributed by atoms with Crippen LogP contribution in [-0.2, 0) is 0 Å². The Morgan fingerprint density at radius 1 is 1.17 bits per heavy atom. The average Bonchev–Trinajstić information content (AvgIpc) is 2.36. The smallest absolute Gasteiger partial charge is 0.140 e. The highest BCUT2D eigenvalue weighted by Crippen LogP contribution is 2.22. The highest BCUT2D eigenvalue weighted by Gasteiger charge is 2.10. The fourth-order valence-electron chi connectivity index (χ4n) is 1.78.